The van der Waals surface area contributed by atoms with E-state index in [-0.39, 0.29) is 24.0 Å². The number of nitrogens with zero attached hydrogens (tertiary/aromatic N) is 1. The average Bonchev–Trinajstić information content (AvgIpc) is 2.38. The Morgan fingerprint density at radius 2 is 1.40 bits per heavy atom. The van der Waals surface area contributed by atoms with Crippen LogP contribution in [0.25, 0.3) is 0 Å². The third kappa shape index (κ3) is 4.51. The molecular weight excluding hydrogens is 257 g/mol. The maximum Gasteiger partial charge on any atom is 0.595 e. The molecule has 1 aliphatic heterocycles. The number of rotatable bonds is 6. The van der Waals surface area contributed by atoms with Crippen molar-refractivity contribution in [2.24, 2.45) is 0 Å². The van der Waals surface area contributed by atoms with Gasteiger partial charge in [0.25, 0.3) is 0 Å². The summed E-state index contributed by atoms with van der Waals surface area (Å²) in [5.41, 5.74) is 0. The Kier molecular flexibility index (Phi) is 7.06. The maximum absolute atomic E-state index is 12.2. The first-order valence-electron chi connectivity index (χ1n) is 7.64. The summed E-state index contributed by atoms with van der Waals surface area (Å²) >= 11 is 0. The van der Waals surface area contributed by atoms with Gasteiger partial charge in [0.2, 0.25) is 0 Å². The lowest BCUT2D eigenvalue weighted by Gasteiger charge is -2.35. The fourth-order valence-electron chi connectivity index (χ4n) is 2.50. The quantitative estimate of drug-likeness (QED) is 0.700. The molecule has 20 heavy (non-hydrogen) atoms. The Hall–Kier alpha value is -1.04. The van der Waals surface area contributed by atoms with Crippen molar-refractivity contribution in [1.29, 1.82) is 0 Å². The number of likely N-dealkylation sites (N-methyl/N-ethyl adjacent to an activating group) is 1. The number of carbonyl (C=O) groups is 2. The molecule has 1 heterocycles. The molecule has 0 radical (unpaired) electrons. The van der Waals surface area contributed by atoms with Crippen molar-refractivity contribution in [1.82, 2.24) is 4.90 Å². The van der Waals surface area contributed by atoms with Gasteiger partial charge in [-0.1, -0.05) is 39.5 Å². The van der Waals surface area contributed by atoms with E-state index in [4.69, 9.17) is 9.31 Å². The fraction of sp³-hybridized carbons (Fsp3) is 0.857. The van der Waals surface area contributed by atoms with Crippen LogP contribution in [-0.4, -0.2) is 43.1 Å². The van der Waals surface area contributed by atoms with Crippen molar-refractivity contribution in [2.45, 2.75) is 71.3 Å². The van der Waals surface area contributed by atoms with Gasteiger partial charge in [-0.15, -0.1) is 0 Å². The van der Waals surface area contributed by atoms with Crippen LogP contribution >= 0.6 is 0 Å². The highest BCUT2D eigenvalue weighted by atomic mass is 16.6. The lowest BCUT2D eigenvalue weighted by Crippen LogP contribution is -2.53. The summed E-state index contributed by atoms with van der Waals surface area (Å²) in [6.07, 6.45) is 5.33. The first-order chi connectivity index (χ1) is 9.51. The van der Waals surface area contributed by atoms with Crippen molar-refractivity contribution in [2.75, 3.05) is 7.05 Å². The van der Waals surface area contributed by atoms with Gasteiger partial charge in [0.15, 0.2) is 0 Å². The van der Waals surface area contributed by atoms with E-state index >= 15 is 0 Å². The number of unbranched alkanes of at least 4 members (excludes halogenated alkanes) is 2. The van der Waals surface area contributed by atoms with Crippen molar-refractivity contribution in [3.63, 3.8) is 0 Å². The molecule has 1 saturated heterocycles. The van der Waals surface area contributed by atoms with Crippen LogP contribution in [-0.2, 0) is 18.9 Å². The number of hydrogen-bond donors (Lipinski definition) is 0. The summed E-state index contributed by atoms with van der Waals surface area (Å²) in [4.78, 5) is 26.2. The topological polar surface area (TPSA) is 55.8 Å². The summed E-state index contributed by atoms with van der Waals surface area (Å²) < 4.78 is 10.3. The third-order valence-electron chi connectivity index (χ3n) is 3.75. The number of hydrogen-bond acceptors (Lipinski definition) is 5. The fourth-order valence-corrected chi connectivity index (χ4v) is 2.50. The Bertz CT molecular complexity index is 307. The minimum Gasteiger partial charge on any atom is -0.498 e. The molecule has 5 nitrogen and oxygen atoms in total. The molecule has 0 spiro atoms. The van der Waals surface area contributed by atoms with Gasteiger partial charge in [-0.25, -0.2) is 0 Å². The van der Waals surface area contributed by atoms with Crippen molar-refractivity contribution in [3.8, 4) is 0 Å². The minimum atomic E-state index is -0.794. The highest BCUT2D eigenvalue weighted by Gasteiger charge is 2.39. The second-order valence-corrected chi connectivity index (χ2v) is 5.42. The SMILES string of the molecule is CCCC[C@@H]1C(=O)OB(C)OC(=O)[C@H](CCCC)N1C. The monoisotopic (exact) mass is 283 g/mol. The summed E-state index contributed by atoms with van der Waals surface area (Å²) in [5.74, 6) is -0.579. The number of carbonyl (C=O) groups excluding carboxylic acids is 2. The third-order valence-corrected chi connectivity index (χ3v) is 3.75. The summed E-state index contributed by atoms with van der Waals surface area (Å²) in [7, 11) is 1.02. The van der Waals surface area contributed by atoms with Gasteiger partial charge in [0.05, 0.1) is 0 Å². The lowest BCUT2D eigenvalue weighted by molar-refractivity contribution is -0.154. The standard InChI is InChI=1S/C14H26BNO4/c1-5-7-9-11-13(17)19-15(3)20-14(18)12(16(11)4)10-8-6-2/h11-12H,5-10H2,1-4H3/t11-,12+. The van der Waals surface area contributed by atoms with Crippen LogP contribution in [0.4, 0.5) is 0 Å². The minimum absolute atomic E-state index is 0.289. The first-order valence-corrected chi connectivity index (χ1v) is 7.64. The van der Waals surface area contributed by atoms with Gasteiger partial charge in [-0.05, 0) is 26.7 Å². The van der Waals surface area contributed by atoms with Crippen LogP contribution in [0.1, 0.15) is 52.4 Å². The molecule has 0 aromatic carbocycles. The van der Waals surface area contributed by atoms with Gasteiger partial charge in [0.1, 0.15) is 12.1 Å². The molecule has 0 aliphatic carbocycles. The van der Waals surface area contributed by atoms with Crippen LogP contribution in [0.3, 0.4) is 0 Å². The molecule has 1 aliphatic rings. The first kappa shape index (κ1) is 17.0. The molecule has 0 bridgehead atoms. The van der Waals surface area contributed by atoms with Crippen molar-refractivity contribution in [3.05, 3.63) is 0 Å². The normalized spacial score (nSPS) is 24.9. The van der Waals surface area contributed by atoms with Crippen LogP contribution in [0.5, 0.6) is 0 Å². The molecule has 0 N–H and O–H groups in total. The molecule has 1 rings (SSSR count). The second-order valence-electron chi connectivity index (χ2n) is 5.42. The predicted molar refractivity (Wildman–Crippen MR) is 78.2 cm³/mol. The zero-order chi connectivity index (χ0) is 15.1. The van der Waals surface area contributed by atoms with E-state index in [9.17, 15) is 9.59 Å². The molecule has 1 fully saturated rings. The predicted octanol–water partition coefficient (Wildman–Crippen LogP) is 2.25. The van der Waals surface area contributed by atoms with Crippen molar-refractivity contribution >= 4 is 19.1 Å². The molecule has 114 valence electrons. The van der Waals surface area contributed by atoms with E-state index in [0.29, 0.717) is 12.8 Å². The van der Waals surface area contributed by atoms with E-state index in [2.05, 4.69) is 13.8 Å². The molecule has 0 saturated carbocycles. The molecule has 6 heteroatoms. The van der Waals surface area contributed by atoms with Gasteiger partial charge < -0.3 is 9.31 Å². The van der Waals surface area contributed by atoms with Crippen LogP contribution in [0.15, 0.2) is 0 Å². The Balaban J connectivity index is 2.88. The van der Waals surface area contributed by atoms with E-state index in [0.717, 1.165) is 25.7 Å². The highest BCUT2D eigenvalue weighted by molar-refractivity contribution is 6.47. The van der Waals surface area contributed by atoms with Gasteiger partial charge in [-0.3, -0.25) is 14.5 Å². The Morgan fingerprint density at radius 1 is 1.00 bits per heavy atom. The molecule has 0 aromatic rings. The highest BCUT2D eigenvalue weighted by Crippen LogP contribution is 2.20. The van der Waals surface area contributed by atoms with Crippen LogP contribution < -0.4 is 0 Å². The molecular formula is C14H26BNO4. The van der Waals surface area contributed by atoms with Crippen molar-refractivity contribution < 1.29 is 18.9 Å². The van der Waals surface area contributed by atoms with E-state index in [1.165, 1.54) is 0 Å². The molecule has 2 atom stereocenters. The van der Waals surface area contributed by atoms with Gasteiger partial charge >= 0.3 is 19.1 Å². The van der Waals surface area contributed by atoms with Crippen LogP contribution in [0, 0.1) is 0 Å². The van der Waals surface area contributed by atoms with E-state index in [1.807, 2.05) is 11.9 Å². The summed E-state index contributed by atoms with van der Waals surface area (Å²) in [5, 5.41) is 0. The largest absolute Gasteiger partial charge is 0.595 e. The molecule has 0 amide bonds. The summed E-state index contributed by atoms with van der Waals surface area (Å²) in [6.45, 7) is 5.76. The molecule has 0 unspecified atom stereocenters. The van der Waals surface area contributed by atoms with Gasteiger partial charge in [-0.2, -0.15) is 0 Å². The second kappa shape index (κ2) is 8.30. The smallest absolute Gasteiger partial charge is 0.498 e. The van der Waals surface area contributed by atoms with E-state index in [1.54, 1.807) is 6.82 Å². The lowest BCUT2D eigenvalue weighted by atomic mass is 9.92. The maximum atomic E-state index is 12.2. The Labute approximate surface area is 122 Å². The zero-order valence-electron chi connectivity index (χ0n) is 13.1. The van der Waals surface area contributed by atoms with Crippen LogP contribution in [0.2, 0.25) is 6.82 Å². The summed E-state index contributed by atoms with van der Waals surface area (Å²) in [6, 6.07) is -0.709. The molecule has 0 aromatic heterocycles. The van der Waals surface area contributed by atoms with Gasteiger partial charge in [0, 0.05) is 0 Å². The van der Waals surface area contributed by atoms with E-state index < -0.39 is 7.12 Å². The average molecular weight is 283 g/mol. The zero-order valence-corrected chi connectivity index (χ0v) is 13.1. The Morgan fingerprint density at radius 3 is 1.75 bits per heavy atom.